The van der Waals surface area contributed by atoms with Crippen molar-refractivity contribution in [1.82, 2.24) is 4.90 Å². The van der Waals surface area contributed by atoms with Gasteiger partial charge in [0.2, 0.25) is 0 Å². The number of amides is 1. The van der Waals surface area contributed by atoms with Gasteiger partial charge in [-0.25, -0.2) is 0 Å². The number of thiophene rings is 1. The molecule has 3 nitrogen and oxygen atoms in total. The first-order chi connectivity index (χ1) is 8.22. The molecule has 94 valence electrons. The summed E-state index contributed by atoms with van der Waals surface area (Å²) in [5.74, 6) is 0.121. The largest absolute Gasteiger partial charge is 0.396 e. The highest BCUT2D eigenvalue weighted by Gasteiger charge is 2.29. The summed E-state index contributed by atoms with van der Waals surface area (Å²) in [6.45, 7) is 1.05. The molecule has 1 aromatic heterocycles. The highest BCUT2D eigenvalue weighted by molar-refractivity contribution is 7.80. The van der Waals surface area contributed by atoms with Gasteiger partial charge >= 0.3 is 0 Å². The highest BCUT2D eigenvalue weighted by atomic mass is 32.1. The number of rotatable bonds is 4. The van der Waals surface area contributed by atoms with Crippen LogP contribution in [-0.2, 0) is 0 Å². The number of likely N-dealkylation sites (tertiary alicyclic amines) is 1. The maximum Gasteiger partial charge on any atom is 0.264 e. The molecule has 0 spiro atoms. The molecular formula is C12H17NO2S2. The molecule has 5 heteroatoms. The van der Waals surface area contributed by atoms with Gasteiger partial charge in [0.15, 0.2) is 0 Å². The predicted octanol–water partition coefficient (Wildman–Crippen LogP) is 2.41. The van der Waals surface area contributed by atoms with Gasteiger partial charge < -0.3 is 10.0 Å². The molecule has 0 aliphatic carbocycles. The molecule has 1 aliphatic rings. The number of aliphatic hydroxyl groups excluding tert-OH is 1. The Bertz CT molecular complexity index is 392. The zero-order chi connectivity index (χ0) is 12.3. The lowest BCUT2D eigenvalue weighted by atomic mass is 10.1. The van der Waals surface area contributed by atoms with Crippen molar-refractivity contribution in [2.75, 3.05) is 13.2 Å². The smallest absolute Gasteiger partial charge is 0.264 e. The van der Waals surface area contributed by atoms with E-state index in [0.29, 0.717) is 6.04 Å². The topological polar surface area (TPSA) is 40.5 Å². The van der Waals surface area contributed by atoms with Crippen LogP contribution < -0.4 is 0 Å². The zero-order valence-corrected chi connectivity index (χ0v) is 11.3. The fourth-order valence-electron chi connectivity index (χ4n) is 2.31. The normalized spacial score (nSPS) is 19.9. The van der Waals surface area contributed by atoms with Crippen molar-refractivity contribution in [1.29, 1.82) is 0 Å². The Morgan fingerprint density at radius 1 is 1.65 bits per heavy atom. The SMILES string of the molecule is O=C(c1cc(S)cs1)N1CCCC1CCCO. The monoisotopic (exact) mass is 271 g/mol. The van der Waals surface area contributed by atoms with Crippen LogP contribution in [0.25, 0.3) is 0 Å². The van der Waals surface area contributed by atoms with E-state index in [4.69, 9.17) is 5.11 Å². The summed E-state index contributed by atoms with van der Waals surface area (Å²) in [5.41, 5.74) is 0. The van der Waals surface area contributed by atoms with Crippen molar-refractivity contribution >= 4 is 29.9 Å². The molecule has 17 heavy (non-hydrogen) atoms. The average molecular weight is 271 g/mol. The average Bonchev–Trinajstić information content (AvgIpc) is 2.94. The summed E-state index contributed by atoms with van der Waals surface area (Å²) in [5, 5.41) is 10.7. The third-order valence-corrected chi connectivity index (χ3v) is 4.48. The first kappa shape index (κ1) is 12.9. The first-order valence-corrected chi connectivity index (χ1v) is 7.24. The molecule has 0 aromatic carbocycles. The Kier molecular flexibility index (Phi) is 4.48. The van der Waals surface area contributed by atoms with Gasteiger partial charge in [-0.2, -0.15) is 0 Å². The van der Waals surface area contributed by atoms with E-state index in [1.54, 1.807) is 0 Å². The second-order valence-electron chi connectivity index (χ2n) is 4.33. The van der Waals surface area contributed by atoms with Gasteiger partial charge in [0.25, 0.3) is 5.91 Å². The van der Waals surface area contributed by atoms with Crippen LogP contribution in [0.1, 0.15) is 35.4 Å². The molecular weight excluding hydrogens is 254 g/mol. The number of thiol groups is 1. The molecule has 0 saturated carbocycles. The second kappa shape index (κ2) is 5.89. The molecule has 0 bridgehead atoms. The van der Waals surface area contributed by atoms with Crippen LogP contribution >= 0.6 is 24.0 Å². The van der Waals surface area contributed by atoms with Crippen LogP contribution in [0.2, 0.25) is 0 Å². The molecule has 1 N–H and O–H groups in total. The molecule has 2 rings (SSSR count). The van der Waals surface area contributed by atoms with Crippen LogP contribution in [0.4, 0.5) is 0 Å². The number of nitrogens with zero attached hydrogens (tertiary/aromatic N) is 1. The Morgan fingerprint density at radius 2 is 2.47 bits per heavy atom. The Morgan fingerprint density at radius 3 is 3.12 bits per heavy atom. The minimum absolute atomic E-state index is 0.121. The van der Waals surface area contributed by atoms with E-state index in [1.165, 1.54) is 11.3 Å². The minimum atomic E-state index is 0.121. The maximum absolute atomic E-state index is 12.3. The summed E-state index contributed by atoms with van der Waals surface area (Å²) in [6, 6.07) is 2.14. The maximum atomic E-state index is 12.3. The molecule has 1 aliphatic heterocycles. The molecule has 1 saturated heterocycles. The van der Waals surface area contributed by atoms with Gasteiger partial charge in [0.05, 0.1) is 4.88 Å². The van der Waals surface area contributed by atoms with Gasteiger partial charge in [-0.3, -0.25) is 4.79 Å². The fraction of sp³-hybridized carbons (Fsp3) is 0.583. The number of carbonyl (C=O) groups is 1. The van der Waals surface area contributed by atoms with E-state index in [1.807, 2.05) is 16.3 Å². The molecule has 1 amide bonds. The molecule has 1 unspecified atom stereocenters. The summed E-state index contributed by atoms with van der Waals surface area (Å²) < 4.78 is 0. The van der Waals surface area contributed by atoms with Crippen molar-refractivity contribution in [2.24, 2.45) is 0 Å². The summed E-state index contributed by atoms with van der Waals surface area (Å²) in [6.07, 6.45) is 3.81. The fourth-order valence-corrected chi connectivity index (χ4v) is 3.41. The number of aliphatic hydroxyl groups is 1. The lowest BCUT2D eigenvalue weighted by molar-refractivity contribution is 0.0729. The summed E-state index contributed by atoms with van der Waals surface area (Å²) in [7, 11) is 0. The summed E-state index contributed by atoms with van der Waals surface area (Å²) in [4.78, 5) is 15.8. The van der Waals surface area contributed by atoms with Gasteiger partial charge in [0, 0.05) is 29.5 Å². The second-order valence-corrected chi connectivity index (χ2v) is 5.76. The van der Waals surface area contributed by atoms with Crippen molar-refractivity contribution in [3.63, 3.8) is 0 Å². The van der Waals surface area contributed by atoms with E-state index in [2.05, 4.69) is 12.6 Å². The number of carbonyl (C=O) groups excluding carboxylic acids is 1. The van der Waals surface area contributed by atoms with E-state index in [0.717, 1.165) is 42.0 Å². The van der Waals surface area contributed by atoms with Gasteiger partial charge in [0.1, 0.15) is 0 Å². The third-order valence-electron chi connectivity index (χ3n) is 3.13. The molecule has 2 heterocycles. The highest BCUT2D eigenvalue weighted by Crippen LogP contribution is 2.26. The number of hydrogen-bond donors (Lipinski definition) is 2. The van der Waals surface area contributed by atoms with Crippen molar-refractivity contribution in [3.05, 3.63) is 16.3 Å². The Labute approximate surface area is 111 Å². The van der Waals surface area contributed by atoms with Crippen LogP contribution in [0.5, 0.6) is 0 Å². The Hall–Kier alpha value is -0.520. The van der Waals surface area contributed by atoms with E-state index in [9.17, 15) is 4.79 Å². The van der Waals surface area contributed by atoms with Crippen LogP contribution in [0, 0.1) is 0 Å². The van der Waals surface area contributed by atoms with Gasteiger partial charge in [-0.15, -0.1) is 24.0 Å². The predicted molar refractivity (Wildman–Crippen MR) is 71.9 cm³/mol. The van der Waals surface area contributed by atoms with Crippen molar-refractivity contribution in [3.8, 4) is 0 Å². The van der Waals surface area contributed by atoms with Crippen LogP contribution in [-0.4, -0.2) is 35.1 Å². The molecule has 1 aromatic rings. The Balaban J connectivity index is 2.03. The molecule has 0 radical (unpaired) electrons. The standard InChI is InChI=1S/C12H17NO2S2/c14-6-2-4-9-3-1-5-13(9)12(15)11-7-10(16)8-17-11/h7-9,14,16H,1-6H2. The molecule has 1 atom stereocenters. The third kappa shape index (κ3) is 3.03. The van der Waals surface area contributed by atoms with E-state index < -0.39 is 0 Å². The van der Waals surface area contributed by atoms with E-state index in [-0.39, 0.29) is 12.5 Å². The summed E-state index contributed by atoms with van der Waals surface area (Å²) >= 11 is 5.68. The minimum Gasteiger partial charge on any atom is -0.396 e. The lowest BCUT2D eigenvalue weighted by Crippen LogP contribution is -2.35. The zero-order valence-electron chi connectivity index (χ0n) is 9.63. The number of hydrogen-bond acceptors (Lipinski definition) is 4. The van der Waals surface area contributed by atoms with Crippen molar-refractivity contribution in [2.45, 2.75) is 36.6 Å². The van der Waals surface area contributed by atoms with Crippen LogP contribution in [0.3, 0.4) is 0 Å². The van der Waals surface area contributed by atoms with Crippen molar-refractivity contribution < 1.29 is 9.90 Å². The van der Waals surface area contributed by atoms with E-state index >= 15 is 0 Å². The van der Waals surface area contributed by atoms with Gasteiger partial charge in [-0.05, 0) is 31.7 Å². The lowest BCUT2D eigenvalue weighted by Gasteiger charge is -2.23. The first-order valence-electron chi connectivity index (χ1n) is 5.91. The molecule has 1 fully saturated rings. The van der Waals surface area contributed by atoms with Gasteiger partial charge in [-0.1, -0.05) is 0 Å². The van der Waals surface area contributed by atoms with Crippen LogP contribution in [0.15, 0.2) is 16.3 Å². The quantitative estimate of drug-likeness (QED) is 0.826.